The fourth-order valence-electron chi connectivity index (χ4n) is 3.44. The van der Waals surface area contributed by atoms with E-state index in [1.165, 1.54) is 22.2 Å². The second-order valence-electron chi connectivity index (χ2n) is 5.57. The van der Waals surface area contributed by atoms with Crippen LogP contribution in [0.4, 0.5) is 0 Å². The lowest BCUT2D eigenvalue weighted by atomic mass is 9.85. The molecule has 0 spiro atoms. The van der Waals surface area contributed by atoms with Crippen LogP contribution >= 0.6 is 0 Å². The first-order valence-electron chi connectivity index (χ1n) is 6.91. The first kappa shape index (κ1) is 13.0. The van der Waals surface area contributed by atoms with Crippen molar-refractivity contribution in [2.45, 2.75) is 26.2 Å². The summed E-state index contributed by atoms with van der Waals surface area (Å²) in [5.74, 6) is -0.0960. The standard InChI is InChI=1S/C16H19NO3/c1-9-4-7-13(20-3)15-14(9)11-8-10(16(18)19)5-6-12(11)17(15)2/h4,7,10H,5-6,8H2,1-3H3,(H,18,19). The van der Waals surface area contributed by atoms with Crippen molar-refractivity contribution < 1.29 is 14.6 Å². The van der Waals surface area contributed by atoms with Crippen LogP contribution in [0.1, 0.15) is 23.2 Å². The number of hydrogen-bond acceptors (Lipinski definition) is 2. The molecule has 0 bridgehead atoms. The lowest BCUT2D eigenvalue weighted by molar-refractivity contribution is -0.142. The Hall–Kier alpha value is -1.97. The maximum absolute atomic E-state index is 11.3. The number of hydrogen-bond donors (Lipinski definition) is 1. The highest BCUT2D eigenvalue weighted by Gasteiger charge is 2.29. The normalized spacial score (nSPS) is 18.1. The summed E-state index contributed by atoms with van der Waals surface area (Å²) < 4.78 is 7.65. The first-order chi connectivity index (χ1) is 9.54. The predicted molar refractivity (Wildman–Crippen MR) is 77.4 cm³/mol. The Balaban J connectivity index is 2.29. The van der Waals surface area contributed by atoms with Crippen molar-refractivity contribution in [2.24, 2.45) is 13.0 Å². The van der Waals surface area contributed by atoms with Gasteiger partial charge in [0.1, 0.15) is 5.75 Å². The summed E-state index contributed by atoms with van der Waals surface area (Å²) in [5.41, 5.74) is 4.72. The van der Waals surface area contributed by atoms with E-state index < -0.39 is 5.97 Å². The Morgan fingerprint density at radius 1 is 1.45 bits per heavy atom. The molecular weight excluding hydrogens is 254 g/mol. The number of carbonyl (C=O) groups is 1. The lowest BCUT2D eigenvalue weighted by Crippen LogP contribution is -2.22. The zero-order valence-electron chi connectivity index (χ0n) is 12.1. The van der Waals surface area contributed by atoms with Crippen LogP contribution in [-0.4, -0.2) is 22.8 Å². The third-order valence-corrected chi connectivity index (χ3v) is 4.49. The van der Waals surface area contributed by atoms with Gasteiger partial charge in [-0.15, -0.1) is 0 Å². The van der Waals surface area contributed by atoms with E-state index in [1.807, 2.05) is 19.2 Å². The number of benzene rings is 1. The van der Waals surface area contributed by atoms with E-state index in [4.69, 9.17) is 4.74 Å². The van der Waals surface area contributed by atoms with Crippen molar-refractivity contribution in [1.29, 1.82) is 0 Å². The molecule has 1 atom stereocenters. The van der Waals surface area contributed by atoms with Gasteiger partial charge in [-0.2, -0.15) is 0 Å². The third-order valence-electron chi connectivity index (χ3n) is 4.49. The maximum atomic E-state index is 11.3. The maximum Gasteiger partial charge on any atom is 0.306 e. The Bertz CT molecular complexity index is 700. The van der Waals surface area contributed by atoms with Crippen molar-refractivity contribution in [2.75, 3.05) is 7.11 Å². The summed E-state index contributed by atoms with van der Waals surface area (Å²) in [4.78, 5) is 11.3. The van der Waals surface area contributed by atoms with Gasteiger partial charge in [-0.1, -0.05) is 6.07 Å². The van der Waals surface area contributed by atoms with Crippen molar-refractivity contribution in [1.82, 2.24) is 4.57 Å². The Morgan fingerprint density at radius 2 is 2.20 bits per heavy atom. The average Bonchev–Trinajstić information content (AvgIpc) is 2.74. The van der Waals surface area contributed by atoms with Crippen LogP contribution in [0.25, 0.3) is 10.9 Å². The number of carboxylic acids is 1. The molecule has 3 rings (SSSR count). The Morgan fingerprint density at radius 3 is 2.85 bits per heavy atom. The van der Waals surface area contributed by atoms with Crippen LogP contribution in [0.5, 0.6) is 5.75 Å². The van der Waals surface area contributed by atoms with E-state index in [1.54, 1.807) is 7.11 Å². The van der Waals surface area contributed by atoms with Crippen LogP contribution in [0.15, 0.2) is 12.1 Å². The van der Waals surface area contributed by atoms with Gasteiger partial charge in [0.2, 0.25) is 0 Å². The van der Waals surface area contributed by atoms with Crippen molar-refractivity contribution in [3.05, 3.63) is 29.0 Å². The highest BCUT2D eigenvalue weighted by atomic mass is 16.5. The molecule has 4 heteroatoms. The number of fused-ring (bicyclic) bond motifs is 3. The van der Waals surface area contributed by atoms with Gasteiger partial charge in [0.05, 0.1) is 18.5 Å². The number of ether oxygens (including phenoxy) is 1. The molecule has 1 aliphatic carbocycles. The molecule has 0 saturated heterocycles. The summed E-state index contributed by atoms with van der Waals surface area (Å²) in [6.07, 6.45) is 2.16. The van der Waals surface area contributed by atoms with Crippen molar-refractivity contribution in [3.63, 3.8) is 0 Å². The largest absolute Gasteiger partial charge is 0.495 e. The molecule has 0 radical (unpaired) electrons. The quantitative estimate of drug-likeness (QED) is 0.915. The smallest absolute Gasteiger partial charge is 0.306 e. The summed E-state index contributed by atoms with van der Waals surface area (Å²) in [7, 11) is 3.72. The fraction of sp³-hybridized carbons (Fsp3) is 0.438. The van der Waals surface area contributed by atoms with E-state index in [9.17, 15) is 9.90 Å². The zero-order valence-corrected chi connectivity index (χ0v) is 12.1. The van der Waals surface area contributed by atoms with Gasteiger partial charge in [0, 0.05) is 18.1 Å². The third kappa shape index (κ3) is 1.71. The van der Waals surface area contributed by atoms with Gasteiger partial charge < -0.3 is 14.4 Å². The zero-order chi connectivity index (χ0) is 14.4. The van der Waals surface area contributed by atoms with Gasteiger partial charge in [0.15, 0.2) is 0 Å². The van der Waals surface area contributed by atoms with Crippen LogP contribution in [0.2, 0.25) is 0 Å². The van der Waals surface area contributed by atoms with Crippen LogP contribution in [0.3, 0.4) is 0 Å². The SMILES string of the molecule is COc1ccc(C)c2c3c(n(C)c12)CCC(C(=O)O)C3. The second-order valence-corrected chi connectivity index (χ2v) is 5.57. The molecule has 1 N–H and O–H groups in total. The van der Waals surface area contributed by atoms with Gasteiger partial charge in [-0.3, -0.25) is 4.79 Å². The van der Waals surface area contributed by atoms with E-state index in [2.05, 4.69) is 11.5 Å². The summed E-state index contributed by atoms with van der Waals surface area (Å²) in [5, 5.41) is 10.5. The number of rotatable bonds is 2. The van der Waals surface area contributed by atoms with E-state index >= 15 is 0 Å². The van der Waals surface area contributed by atoms with Gasteiger partial charge in [-0.05, 0) is 43.4 Å². The lowest BCUT2D eigenvalue weighted by Gasteiger charge is -2.20. The summed E-state index contributed by atoms with van der Waals surface area (Å²) >= 11 is 0. The molecule has 20 heavy (non-hydrogen) atoms. The van der Waals surface area contributed by atoms with Crippen LogP contribution in [-0.2, 0) is 24.7 Å². The molecule has 4 nitrogen and oxygen atoms in total. The minimum atomic E-state index is -0.687. The Labute approximate surface area is 118 Å². The molecule has 1 heterocycles. The molecule has 1 aromatic heterocycles. The number of aryl methyl sites for hydroxylation is 2. The topological polar surface area (TPSA) is 51.5 Å². The molecule has 106 valence electrons. The van der Waals surface area contributed by atoms with E-state index in [0.717, 1.165) is 17.7 Å². The highest BCUT2D eigenvalue weighted by molar-refractivity contribution is 5.93. The first-order valence-corrected chi connectivity index (χ1v) is 6.91. The molecule has 0 aliphatic heterocycles. The molecule has 0 saturated carbocycles. The minimum Gasteiger partial charge on any atom is -0.495 e. The summed E-state index contributed by atoms with van der Waals surface area (Å²) in [6.45, 7) is 2.08. The van der Waals surface area contributed by atoms with Crippen molar-refractivity contribution >= 4 is 16.9 Å². The van der Waals surface area contributed by atoms with Gasteiger partial charge >= 0.3 is 5.97 Å². The molecule has 1 aromatic carbocycles. The van der Waals surface area contributed by atoms with Crippen LogP contribution < -0.4 is 4.74 Å². The summed E-state index contributed by atoms with van der Waals surface area (Å²) in [6, 6.07) is 4.03. The predicted octanol–water partition coefficient (Wildman–Crippen LogP) is 2.68. The number of methoxy groups -OCH3 is 1. The Kier molecular flexibility index (Phi) is 2.96. The minimum absolute atomic E-state index is 0.265. The van der Waals surface area contributed by atoms with E-state index in [-0.39, 0.29) is 5.92 Å². The fourth-order valence-corrected chi connectivity index (χ4v) is 3.44. The molecule has 0 amide bonds. The monoisotopic (exact) mass is 273 g/mol. The van der Waals surface area contributed by atoms with Gasteiger partial charge in [-0.25, -0.2) is 0 Å². The van der Waals surface area contributed by atoms with Crippen LogP contribution in [0, 0.1) is 12.8 Å². The second kappa shape index (κ2) is 4.54. The number of aliphatic carboxylic acids is 1. The number of nitrogens with zero attached hydrogens (tertiary/aromatic N) is 1. The average molecular weight is 273 g/mol. The number of aromatic nitrogens is 1. The molecule has 0 fully saturated rings. The number of carboxylic acid groups (broad SMARTS) is 1. The van der Waals surface area contributed by atoms with E-state index in [0.29, 0.717) is 12.8 Å². The highest BCUT2D eigenvalue weighted by Crippen LogP contribution is 2.39. The van der Waals surface area contributed by atoms with Crippen molar-refractivity contribution in [3.8, 4) is 5.75 Å². The molecular formula is C16H19NO3. The molecule has 1 aliphatic rings. The molecule has 2 aromatic rings. The van der Waals surface area contributed by atoms with Gasteiger partial charge in [0.25, 0.3) is 0 Å². The molecule has 1 unspecified atom stereocenters.